The van der Waals surface area contributed by atoms with E-state index in [9.17, 15) is 4.79 Å². The van der Waals surface area contributed by atoms with Crippen LogP contribution in [0.5, 0.6) is 0 Å². The second-order valence-corrected chi connectivity index (χ2v) is 5.00. The van der Waals surface area contributed by atoms with Gasteiger partial charge in [0.2, 0.25) is 0 Å². The SMILES string of the molecule is CCCNCc1cccc(NC(=O)c2cccc(C)n2)c1. The van der Waals surface area contributed by atoms with E-state index in [1.807, 2.05) is 43.3 Å². The van der Waals surface area contributed by atoms with E-state index in [2.05, 4.69) is 22.5 Å². The number of hydrogen-bond acceptors (Lipinski definition) is 3. The van der Waals surface area contributed by atoms with Crippen molar-refractivity contribution in [2.75, 3.05) is 11.9 Å². The molecule has 1 amide bonds. The van der Waals surface area contributed by atoms with Gasteiger partial charge in [0.1, 0.15) is 5.69 Å². The number of nitrogens with one attached hydrogen (secondary N) is 2. The fourth-order valence-electron chi connectivity index (χ4n) is 2.03. The Kier molecular flexibility index (Phi) is 5.46. The van der Waals surface area contributed by atoms with Crippen LogP contribution in [0.3, 0.4) is 0 Å². The minimum absolute atomic E-state index is 0.183. The topological polar surface area (TPSA) is 54.0 Å². The van der Waals surface area contributed by atoms with Gasteiger partial charge in [-0.3, -0.25) is 4.79 Å². The van der Waals surface area contributed by atoms with E-state index in [0.717, 1.165) is 36.5 Å². The lowest BCUT2D eigenvalue weighted by molar-refractivity contribution is 0.102. The molecule has 2 N–H and O–H groups in total. The zero-order chi connectivity index (χ0) is 15.1. The first-order chi connectivity index (χ1) is 10.2. The third-order valence-corrected chi connectivity index (χ3v) is 3.06. The molecule has 0 radical (unpaired) electrons. The summed E-state index contributed by atoms with van der Waals surface area (Å²) in [4.78, 5) is 16.4. The first-order valence-electron chi connectivity index (χ1n) is 7.23. The fraction of sp³-hybridized carbons (Fsp3) is 0.294. The Bertz CT molecular complexity index is 610. The number of aromatic nitrogens is 1. The maximum absolute atomic E-state index is 12.1. The number of pyridine rings is 1. The Labute approximate surface area is 125 Å². The maximum atomic E-state index is 12.1. The third-order valence-electron chi connectivity index (χ3n) is 3.06. The number of anilines is 1. The van der Waals surface area contributed by atoms with Crippen molar-refractivity contribution in [1.29, 1.82) is 0 Å². The molecule has 0 unspecified atom stereocenters. The van der Waals surface area contributed by atoms with E-state index in [4.69, 9.17) is 0 Å². The van der Waals surface area contributed by atoms with Gasteiger partial charge in [-0.05, 0) is 49.7 Å². The molecule has 4 heteroatoms. The Morgan fingerprint density at radius 1 is 1.19 bits per heavy atom. The second-order valence-electron chi connectivity index (χ2n) is 5.00. The van der Waals surface area contributed by atoms with Crippen LogP contribution in [0.4, 0.5) is 5.69 Å². The van der Waals surface area contributed by atoms with Gasteiger partial charge >= 0.3 is 0 Å². The number of nitrogens with zero attached hydrogens (tertiary/aromatic N) is 1. The molecule has 110 valence electrons. The molecule has 1 aromatic heterocycles. The highest BCUT2D eigenvalue weighted by Gasteiger charge is 2.07. The highest BCUT2D eigenvalue weighted by atomic mass is 16.1. The lowest BCUT2D eigenvalue weighted by Gasteiger charge is -2.08. The first kappa shape index (κ1) is 15.2. The smallest absolute Gasteiger partial charge is 0.274 e. The number of amides is 1. The van der Waals surface area contributed by atoms with Gasteiger partial charge in [0, 0.05) is 17.9 Å². The summed E-state index contributed by atoms with van der Waals surface area (Å²) < 4.78 is 0. The average Bonchev–Trinajstić information content (AvgIpc) is 2.48. The summed E-state index contributed by atoms with van der Waals surface area (Å²) in [5.74, 6) is -0.183. The van der Waals surface area contributed by atoms with Gasteiger partial charge in [-0.2, -0.15) is 0 Å². The van der Waals surface area contributed by atoms with E-state index in [0.29, 0.717) is 5.69 Å². The predicted molar refractivity (Wildman–Crippen MR) is 85.4 cm³/mol. The van der Waals surface area contributed by atoms with E-state index >= 15 is 0 Å². The van der Waals surface area contributed by atoms with Gasteiger partial charge < -0.3 is 10.6 Å². The van der Waals surface area contributed by atoms with E-state index in [1.165, 1.54) is 0 Å². The van der Waals surface area contributed by atoms with Crippen LogP contribution >= 0.6 is 0 Å². The first-order valence-corrected chi connectivity index (χ1v) is 7.23. The number of carbonyl (C=O) groups excluding carboxylic acids is 1. The zero-order valence-electron chi connectivity index (χ0n) is 12.5. The Balaban J connectivity index is 2.02. The lowest BCUT2D eigenvalue weighted by atomic mass is 10.2. The summed E-state index contributed by atoms with van der Waals surface area (Å²) in [5, 5.41) is 6.23. The highest BCUT2D eigenvalue weighted by Crippen LogP contribution is 2.12. The summed E-state index contributed by atoms with van der Waals surface area (Å²) in [6.07, 6.45) is 1.11. The van der Waals surface area contributed by atoms with Crippen LogP contribution in [0, 0.1) is 6.92 Å². The molecule has 0 aliphatic carbocycles. The predicted octanol–water partition coefficient (Wildman–Crippen LogP) is 3.14. The molecule has 0 aliphatic rings. The summed E-state index contributed by atoms with van der Waals surface area (Å²) in [6, 6.07) is 13.3. The van der Waals surface area contributed by atoms with Crippen molar-refractivity contribution in [2.45, 2.75) is 26.8 Å². The minimum atomic E-state index is -0.183. The molecular weight excluding hydrogens is 262 g/mol. The minimum Gasteiger partial charge on any atom is -0.321 e. The molecule has 0 spiro atoms. The second kappa shape index (κ2) is 7.55. The van der Waals surface area contributed by atoms with Gasteiger partial charge in [0.15, 0.2) is 0 Å². The van der Waals surface area contributed by atoms with Crippen LogP contribution in [0.2, 0.25) is 0 Å². The third kappa shape index (κ3) is 4.68. The van der Waals surface area contributed by atoms with Crippen LogP contribution < -0.4 is 10.6 Å². The van der Waals surface area contributed by atoms with Gasteiger partial charge in [-0.1, -0.05) is 25.1 Å². The Morgan fingerprint density at radius 3 is 2.76 bits per heavy atom. The zero-order valence-corrected chi connectivity index (χ0v) is 12.5. The highest BCUT2D eigenvalue weighted by molar-refractivity contribution is 6.02. The quantitative estimate of drug-likeness (QED) is 0.801. The molecule has 0 saturated carbocycles. The molecule has 0 aliphatic heterocycles. The van der Waals surface area contributed by atoms with Crippen LogP contribution in [0.15, 0.2) is 42.5 Å². The van der Waals surface area contributed by atoms with Gasteiger partial charge in [0.05, 0.1) is 0 Å². The van der Waals surface area contributed by atoms with Crippen LogP contribution in [-0.2, 0) is 6.54 Å². The number of rotatable bonds is 6. The molecular formula is C17H21N3O. The lowest BCUT2D eigenvalue weighted by Crippen LogP contribution is -2.15. The summed E-state index contributed by atoms with van der Waals surface area (Å²) in [5.41, 5.74) is 3.21. The summed E-state index contributed by atoms with van der Waals surface area (Å²) in [6.45, 7) is 5.80. The van der Waals surface area contributed by atoms with Gasteiger partial charge in [0.25, 0.3) is 5.91 Å². The molecule has 1 heterocycles. The largest absolute Gasteiger partial charge is 0.321 e. The molecule has 2 aromatic rings. The monoisotopic (exact) mass is 283 g/mol. The number of carbonyl (C=O) groups is 1. The maximum Gasteiger partial charge on any atom is 0.274 e. The van der Waals surface area contributed by atoms with Crippen molar-refractivity contribution in [3.63, 3.8) is 0 Å². The number of hydrogen-bond donors (Lipinski definition) is 2. The van der Waals surface area contributed by atoms with E-state index < -0.39 is 0 Å². The summed E-state index contributed by atoms with van der Waals surface area (Å²) in [7, 11) is 0. The molecule has 1 aromatic carbocycles. The van der Waals surface area contributed by atoms with Crippen molar-refractivity contribution in [1.82, 2.24) is 10.3 Å². The molecule has 0 bridgehead atoms. The molecule has 21 heavy (non-hydrogen) atoms. The van der Waals surface area contributed by atoms with Crippen molar-refractivity contribution in [3.8, 4) is 0 Å². The van der Waals surface area contributed by atoms with Gasteiger partial charge in [-0.15, -0.1) is 0 Å². The van der Waals surface area contributed by atoms with Crippen LogP contribution in [-0.4, -0.2) is 17.4 Å². The van der Waals surface area contributed by atoms with Crippen molar-refractivity contribution in [3.05, 3.63) is 59.4 Å². The fourth-order valence-corrected chi connectivity index (χ4v) is 2.03. The number of aryl methyl sites for hydroxylation is 1. The molecule has 0 fully saturated rings. The van der Waals surface area contributed by atoms with Crippen molar-refractivity contribution in [2.24, 2.45) is 0 Å². The van der Waals surface area contributed by atoms with E-state index in [-0.39, 0.29) is 5.91 Å². The summed E-state index contributed by atoms with van der Waals surface area (Å²) >= 11 is 0. The van der Waals surface area contributed by atoms with Crippen molar-refractivity contribution >= 4 is 11.6 Å². The molecule has 2 rings (SSSR count). The van der Waals surface area contributed by atoms with Crippen LogP contribution in [0.1, 0.15) is 35.1 Å². The standard InChI is InChI=1S/C17H21N3O/c1-3-10-18-12-14-7-5-8-15(11-14)20-17(21)16-9-4-6-13(2)19-16/h4-9,11,18H,3,10,12H2,1-2H3,(H,20,21). The van der Waals surface area contributed by atoms with Crippen LogP contribution in [0.25, 0.3) is 0 Å². The normalized spacial score (nSPS) is 10.4. The Morgan fingerprint density at radius 2 is 2.00 bits per heavy atom. The molecule has 0 saturated heterocycles. The molecule has 0 atom stereocenters. The van der Waals surface area contributed by atoms with E-state index in [1.54, 1.807) is 6.07 Å². The number of benzene rings is 1. The molecule has 4 nitrogen and oxygen atoms in total. The van der Waals surface area contributed by atoms with Gasteiger partial charge in [-0.25, -0.2) is 4.98 Å². The average molecular weight is 283 g/mol. The Hall–Kier alpha value is -2.20. The van der Waals surface area contributed by atoms with Crippen molar-refractivity contribution < 1.29 is 4.79 Å².